The molecule has 2 aromatic carbocycles. The van der Waals surface area contributed by atoms with Crippen LogP contribution < -0.4 is 4.90 Å². The zero-order valence-electron chi connectivity index (χ0n) is 27.6. The van der Waals surface area contributed by atoms with Crippen molar-refractivity contribution in [3.63, 3.8) is 0 Å². The Hall–Kier alpha value is -3.44. The van der Waals surface area contributed by atoms with Gasteiger partial charge < -0.3 is 14.7 Å². The van der Waals surface area contributed by atoms with Crippen LogP contribution in [0.15, 0.2) is 36.4 Å². The first kappa shape index (κ1) is 32.9. The van der Waals surface area contributed by atoms with E-state index < -0.39 is 17.7 Å². The number of rotatable bonds is 7. The second-order valence-electron chi connectivity index (χ2n) is 14.4. The van der Waals surface area contributed by atoms with Gasteiger partial charge in [-0.2, -0.15) is 5.26 Å². The van der Waals surface area contributed by atoms with Gasteiger partial charge in [-0.1, -0.05) is 55.8 Å². The predicted octanol–water partition coefficient (Wildman–Crippen LogP) is 8.02. The Morgan fingerprint density at radius 1 is 1.13 bits per heavy atom. The Labute approximate surface area is 272 Å². The Morgan fingerprint density at radius 3 is 2.47 bits per heavy atom. The van der Waals surface area contributed by atoms with Crippen molar-refractivity contribution in [2.45, 2.75) is 92.5 Å². The number of ether oxygens (including phenoxy) is 1. The number of aryl methyl sites for hydroxylation is 2. The fourth-order valence-corrected chi connectivity index (χ4v) is 6.89. The van der Waals surface area contributed by atoms with E-state index >= 15 is 0 Å². The zero-order valence-corrected chi connectivity index (χ0v) is 28.4. The van der Waals surface area contributed by atoms with E-state index in [2.05, 4.69) is 60.9 Å². The molecule has 45 heavy (non-hydrogen) atoms. The van der Waals surface area contributed by atoms with Gasteiger partial charge in [0.05, 0.1) is 11.3 Å². The van der Waals surface area contributed by atoms with E-state index in [0.717, 1.165) is 73.8 Å². The van der Waals surface area contributed by atoms with Crippen LogP contribution in [0.3, 0.4) is 0 Å². The van der Waals surface area contributed by atoms with Gasteiger partial charge in [-0.15, -0.1) is 0 Å². The van der Waals surface area contributed by atoms with Gasteiger partial charge in [0, 0.05) is 54.6 Å². The minimum atomic E-state index is -1.23. The summed E-state index contributed by atoms with van der Waals surface area (Å²) in [5, 5.41) is 21.7. The first-order valence-electron chi connectivity index (χ1n) is 15.9. The van der Waals surface area contributed by atoms with Gasteiger partial charge in [0.15, 0.2) is 11.8 Å². The number of pyridine rings is 1. The molecule has 238 valence electrons. The first-order chi connectivity index (χ1) is 21.2. The van der Waals surface area contributed by atoms with Crippen LogP contribution in [-0.2, 0) is 29.0 Å². The maximum Gasteiger partial charge on any atom is 0.337 e. The van der Waals surface area contributed by atoms with Gasteiger partial charge in [0.2, 0.25) is 0 Å². The molecule has 1 saturated heterocycles. The molecule has 1 unspecified atom stereocenters. The molecule has 1 fully saturated rings. The van der Waals surface area contributed by atoms with E-state index in [4.69, 9.17) is 21.3 Å². The van der Waals surface area contributed by atoms with E-state index in [9.17, 15) is 15.2 Å². The molecule has 1 N–H and O–H groups in total. The normalized spacial score (nSPS) is 17.4. The van der Waals surface area contributed by atoms with Crippen molar-refractivity contribution < 1.29 is 14.6 Å². The lowest BCUT2D eigenvalue weighted by Crippen LogP contribution is -2.39. The van der Waals surface area contributed by atoms with Gasteiger partial charge in [-0.3, -0.25) is 4.90 Å². The average Bonchev–Trinajstić information content (AvgIpc) is 2.97. The number of halogens is 1. The minimum Gasteiger partial charge on any atom is -0.479 e. The van der Waals surface area contributed by atoms with Crippen molar-refractivity contribution >= 4 is 23.3 Å². The molecule has 5 rings (SSSR count). The highest BCUT2D eigenvalue weighted by Crippen LogP contribution is 2.45. The largest absolute Gasteiger partial charge is 0.479 e. The standard InChI is InChI=1S/C37H45ClN4O3/c1-23-9-8-10-29(38)28(23)22-41-16-13-25-19-26(11-12-27(25)21-41)32-30(20-39)40-24(2)31(34(35(43)44)45-36(3,4)5)33(32)42-17-14-37(6,7)15-18-42/h8-12,19,34H,13-18,21-22H2,1-7H3,(H,43,44). The Balaban J connectivity index is 1.61. The Bertz CT molecular complexity index is 1620. The number of fused-ring (bicyclic) bond motifs is 1. The highest BCUT2D eigenvalue weighted by molar-refractivity contribution is 6.31. The monoisotopic (exact) mass is 628 g/mol. The van der Waals surface area contributed by atoms with Crippen LogP contribution in [0.2, 0.25) is 5.02 Å². The number of nitrogens with zero attached hydrogens (tertiary/aromatic N) is 4. The summed E-state index contributed by atoms with van der Waals surface area (Å²) in [5.41, 5.74) is 8.01. The molecular formula is C37H45ClN4O3. The molecule has 0 bridgehead atoms. The molecule has 1 atom stereocenters. The van der Waals surface area contributed by atoms with Crippen LogP contribution >= 0.6 is 11.6 Å². The molecule has 3 heterocycles. The van der Waals surface area contributed by atoms with Gasteiger partial charge in [0.25, 0.3) is 0 Å². The van der Waals surface area contributed by atoms with E-state index in [0.29, 0.717) is 22.5 Å². The number of piperidine rings is 1. The lowest BCUT2D eigenvalue weighted by Gasteiger charge is -2.41. The summed E-state index contributed by atoms with van der Waals surface area (Å²) in [7, 11) is 0. The molecule has 7 nitrogen and oxygen atoms in total. The molecule has 0 saturated carbocycles. The predicted molar refractivity (Wildman–Crippen MR) is 180 cm³/mol. The van der Waals surface area contributed by atoms with Crippen molar-refractivity contribution in [1.82, 2.24) is 9.88 Å². The van der Waals surface area contributed by atoms with Crippen molar-refractivity contribution in [2.75, 3.05) is 24.5 Å². The SMILES string of the molecule is Cc1cccc(Cl)c1CN1CCc2cc(-c3c(C#N)nc(C)c(C(OC(C)(C)C)C(=O)O)c3N3CCC(C)(C)CC3)ccc2C1. The number of aliphatic carboxylic acids is 1. The third-order valence-corrected chi connectivity index (χ3v) is 9.57. The number of nitriles is 1. The topological polar surface area (TPSA) is 89.7 Å². The summed E-state index contributed by atoms with van der Waals surface area (Å²) < 4.78 is 6.21. The zero-order chi connectivity index (χ0) is 32.7. The average molecular weight is 629 g/mol. The fraction of sp³-hybridized carbons (Fsp3) is 0.486. The van der Waals surface area contributed by atoms with Crippen LogP contribution in [0, 0.1) is 30.6 Å². The smallest absolute Gasteiger partial charge is 0.337 e. The summed E-state index contributed by atoms with van der Waals surface area (Å²) in [6, 6.07) is 14.8. The van der Waals surface area contributed by atoms with E-state index in [1.807, 2.05) is 32.9 Å². The maximum absolute atomic E-state index is 12.8. The molecule has 0 amide bonds. The molecular weight excluding hydrogens is 584 g/mol. The summed E-state index contributed by atoms with van der Waals surface area (Å²) in [6.45, 7) is 18.0. The Kier molecular flexibility index (Phi) is 9.33. The van der Waals surface area contributed by atoms with Crippen LogP contribution in [0.4, 0.5) is 5.69 Å². The number of hydrogen-bond donors (Lipinski definition) is 1. The molecule has 2 aliphatic rings. The minimum absolute atomic E-state index is 0.186. The number of benzene rings is 2. The first-order valence-corrected chi connectivity index (χ1v) is 16.2. The highest BCUT2D eigenvalue weighted by atomic mass is 35.5. The van der Waals surface area contributed by atoms with Crippen molar-refractivity contribution in [2.24, 2.45) is 5.41 Å². The third kappa shape index (κ3) is 7.19. The van der Waals surface area contributed by atoms with Gasteiger partial charge in [-0.25, -0.2) is 9.78 Å². The fourth-order valence-electron chi connectivity index (χ4n) is 6.61. The summed E-state index contributed by atoms with van der Waals surface area (Å²) >= 11 is 6.55. The second kappa shape index (κ2) is 12.7. The summed E-state index contributed by atoms with van der Waals surface area (Å²) in [6.07, 6.45) is 1.54. The molecule has 8 heteroatoms. The molecule has 2 aliphatic heterocycles. The number of anilines is 1. The van der Waals surface area contributed by atoms with Crippen LogP contribution in [0.1, 0.15) is 92.8 Å². The van der Waals surface area contributed by atoms with Crippen molar-refractivity contribution in [3.05, 3.63) is 80.6 Å². The van der Waals surface area contributed by atoms with Crippen LogP contribution in [0.5, 0.6) is 0 Å². The molecule has 0 spiro atoms. The quantitative estimate of drug-likeness (QED) is 0.283. The lowest BCUT2D eigenvalue weighted by atomic mass is 9.81. The molecule has 3 aromatic rings. The number of carboxylic acid groups (broad SMARTS) is 1. The molecule has 0 aliphatic carbocycles. The van der Waals surface area contributed by atoms with Gasteiger partial charge >= 0.3 is 5.97 Å². The van der Waals surface area contributed by atoms with E-state index in [1.54, 1.807) is 6.92 Å². The van der Waals surface area contributed by atoms with Gasteiger partial charge in [0.1, 0.15) is 6.07 Å². The van der Waals surface area contributed by atoms with Crippen LogP contribution in [0.25, 0.3) is 11.1 Å². The number of aromatic nitrogens is 1. The molecule has 0 radical (unpaired) electrons. The number of carbonyl (C=O) groups is 1. The van der Waals surface area contributed by atoms with E-state index in [-0.39, 0.29) is 5.41 Å². The van der Waals surface area contributed by atoms with E-state index in [1.165, 1.54) is 16.7 Å². The number of carboxylic acids is 1. The van der Waals surface area contributed by atoms with Crippen LogP contribution in [-0.4, -0.2) is 46.2 Å². The highest BCUT2D eigenvalue weighted by Gasteiger charge is 2.37. The maximum atomic E-state index is 12.8. The Morgan fingerprint density at radius 2 is 1.84 bits per heavy atom. The molecule has 1 aromatic heterocycles. The lowest BCUT2D eigenvalue weighted by molar-refractivity contribution is -0.160. The third-order valence-electron chi connectivity index (χ3n) is 9.22. The number of hydrogen-bond acceptors (Lipinski definition) is 6. The van der Waals surface area contributed by atoms with Crippen molar-refractivity contribution in [1.29, 1.82) is 5.26 Å². The van der Waals surface area contributed by atoms with Gasteiger partial charge in [-0.05, 0) is 93.2 Å². The summed E-state index contributed by atoms with van der Waals surface area (Å²) in [4.78, 5) is 22.2. The van der Waals surface area contributed by atoms with Crippen molar-refractivity contribution in [3.8, 4) is 17.2 Å². The summed E-state index contributed by atoms with van der Waals surface area (Å²) in [5.74, 6) is -1.07. The second-order valence-corrected chi connectivity index (χ2v) is 14.8.